The number of guanidine groups is 1. The lowest BCUT2D eigenvalue weighted by Gasteiger charge is -2.19. The second-order valence-corrected chi connectivity index (χ2v) is 7.09. The van der Waals surface area contributed by atoms with Gasteiger partial charge in [-0.2, -0.15) is 0 Å². The molecule has 4 rings (SSSR count). The van der Waals surface area contributed by atoms with E-state index in [0.29, 0.717) is 30.8 Å². The fraction of sp³-hybridized carbons (Fsp3) is 0.318. The molecule has 0 spiro atoms. The van der Waals surface area contributed by atoms with Crippen LogP contribution in [0.25, 0.3) is 11.5 Å². The Hall–Kier alpha value is -3.42. The van der Waals surface area contributed by atoms with Crippen molar-refractivity contribution in [3.05, 3.63) is 66.4 Å². The van der Waals surface area contributed by atoms with Crippen LogP contribution in [-0.4, -0.2) is 41.6 Å². The number of hydrogen-bond acceptors (Lipinski definition) is 5. The average Bonchev–Trinajstić information content (AvgIpc) is 3.43. The predicted octanol–water partition coefficient (Wildman–Crippen LogP) is 3.21. The number of nitrogens with zero attached hydrogens (tertiary/aromatic N) is 4. The topological polar surface area (TPSA) is 78.6 Å². The van der Waals surface area contributed by atoms with Gasteiger partial charge < -0.3 is 20.0 Å². The molecule has 7 nitrogen and oxygen atoms in total. The molecular weight excluding hydrogens is 383 g/mol. The minimum atomic E-state index is -0.293. The minimum Gasteiger partial charge on any atom is -0.444 e. The zero-order valence-electron chi connectivity index (χ0n) is 16.9. The molecule has 1 aliphatic rings. The van der Waals surface area contributed by atoms with Crippen molar-refractivity contribution in [2.24, 2.45) is 4.99 Å². The van der Waals surface area contributed by atoms with Crippen LogP contribution in [0, 0.1) is 5.82 Å². The maximum absolute atomic E-state index is 14.0. The molecule has 1 aliphatic heterocycles. The molecule has 1 atom stereocenters. The van der Waals surface area contributed by atoms with E-state index in [1.165, 1.54) is 6.07 Å². The van der Waals surface area contributed by atoms with Crippen LogP contribution < -0.4 is 15.5 Å². The first-order valence-electron chi connectivity index (χ1n) is 10.1. The van der Waals surface area contributed by atoms with Crippen LogP contribution in [0.5, 0.6) is 0 Å². The van der Waals surface area contributed by atoms with Gasteiger partial charge in [0.15, 0.2) is 17.6 Å². The summed E-state index contributed by atoms with van der Waals surface area (Å²) in [6, 6.07) is 13.0. The largest absolute Gasteiger partial charge is 0.444 e. The van der Waals surface area contributed by atoms with Crippen LogP contribution in [-0.2, 0) is 6.54 Å². The predicted molar refractivity (Wildman–Crippen MR) is 115 cm³/mol. The van der Waals surface area contributed by atoms with Crippen molar-refractivity contribution in [2.75, 3.05) is 24.5 Å². The van der Waals surface area contributed by atoms with E-state index in [-0.39, 0.29) is 11.9 Å². The first-order chi connectivity index (χ1) is 14.7. The van der Waals surface area contributed by atoms with Crippen LogP contribution in [0.15, 0.2) is 64.3 Å². The van der Waals surface area contributed by atoms with Crippen molar-refractivity contribution in [1.29, 1.82) is 0 Å². The van der Waals surface area contributed by atoms with Crippen LogP contribution in [0.4, 0.5) is 10.2 Å². The van der Waals surface area contributed by atoms with Crippen molar-refractivity contribution in [1.82, 2.24) is 20.6 Å². The normalized spacial score (nSPS) is 16.7. The van der Waals surface area contributed by atoms with Gasteiger partial charge in [-0.1, -0.05) is 18.2 Å². The molecule has 2 aromatic heterocycles. The van der Waals surface area contributed by atoms with E-state index in [4.69, 9.17) is 4.42 Å². The number of pyridine rings is 1. The van der Waals surface area contributed by atoms with Gasteiger partial charge in [0.05, 0.1) is 6.54 Å². The Morgan fingerprint density at radius 2 is 2.13 bits per heavy atom. The van der Waals surface area contributed by atoms with Gasteiger partial charge in [-0.25, -0.2) is 19.4 Å². The average molecular weight is 408 g/mol. The van der Waals surface area contributed by atoms with Crippen LogP contribution >= 0.6 is 0 Å². The van der Waals surface area contributed by atoms with Gasteiger partial charge in [0.25, 0.3) is 0 Å². The van der Waals surface area contributed by atoms with Crippen molar-refractivity contribution < 1.29 is 8.81 Å². The fourth-order valence-corrected chi connectivity index (χ4v) is 3.45. The second kappa shape index (κ2) is 9.39. The van der Waals surface area contributed by atoms with Crippen molar-refractivity contribution >= 4 is 11.8 Å². The first-order valence-corrected chi connectivity index (χ1v) is 10.1. The van der Waals surface area contributed by atoms with Gasteiger partial charge in [0.2, 0.25) is 5.89 Å². The lowest BCUT2D eigenvalue weighted by molar-refractivity contribution is 0.572. The Morgan fingerprint density at radius 3 is 2.93 bits per heavy atom. The Bertz CT molecular complexity index is 990. The molecule has 30 heavy (non-hydrogen) atoms. The second-order valence-electron chi connectivity index (χ2n) is 7.09. The summed E-state index contributed by atoms with van der Waals surface area (Å²) in [6.45, 7) is 4.57. The molecule has 0 aliphatic carbocycles. The van der Waals surface area contributed by atoms with E-state index in [1.54, 1.807) is 18.5 Å². The standard InChI is InChI=1S/C22H25FN6O/c1-2-24-22(26-13-18-15-30-21(27-18)16-7-4-3-5-8-16)28-17-10-12-29(14-17)20-19(23)9-6-11-25-20/h3-9,11,15,17H,2,10,12-14H2,1H3,(H2,24,26,28). The van der Waals surface area contributed by atoms with Crippen LogP contribution in [0.1, 0.15) is 19.0 Å². The quantitative estimate of drug-likeness (QED) is 0.482. The maximum Gasteiger partial charge on any atom is 0.226 e. The summed E-state index contributed by atoms with van der Waals surface area (Å²) < 4.78 is 19.6. The molecule has 0 saturated carbocycles. The molecule has 0 amide bonds. The molecule has 1 saturated heterocycles. The summed E-state index contributed by atoms with van der Waals surface area (Å²) in [7, 11) is 0. The number of hydrogen-bond donors (Lipinski definition) is 2. The summed E-state index contributed by atoms with van der Waals surface area (Å²) in [5.41, 5.74) is 1.69. The molecule has 2 N–H and O–H groups in total. The fourth-order valence-electron chi connectivity index (χ4n) is 3.45. The zero-order valence-corrected chi connectivity index (χ0v) is 16.9. The third-order valence-electron chi connectivity index (χ3n) is 4.88. The van der Waals surface area contributed by atoms with Gasteiger partial charge in [-0.05, 0) is 37.6 Å². The molecule has 0 radical (unpaired) electrons. The Balaban J connectivity index is 1.38. The van der Waals surface area contributed by atoms with Crippen molar-refractivity contribution in [3.63, 3.8) is 0 Å². The van der Waals surface area contributed by atoms with E-state index >= 15 is 0 Å². The molecule has 156 valence electrons. The Morgan fingerprint density at radius 1 is 1.27 bits per heavy atom. The number of aliphatic imine (C=N–C) groups is 1. The van der Waals surface area contributed by atoms with Gasteiger partial charge >= 0.3 is 0 Å². The van der Waals surface area contributed by atoms with E-state index in [2.05, 4.69) is 25.6 Å². The molecule has 3 aromatic rings. The lowest BCUT2D eigenvalue weighted by atomic mass is 10.2. The molecule has 8 heteroatoms. The zero-order chi connectivity index (χ0) is 20.8. The third-order valence-corrected chi connectivity index (χ3v) is 4.88. The molecule has 1 aromatic carbocycles. The summed E-state index contributed by atoms with van der Waals surface area (Å²) in [5.74, 6) is 1.40. The molecule has 3 heterocycles. The van der Waals surface area contributed by atoms with Gasteiger partial charge in [-0.3, -0.25) is 0 Å². The monoisotopic (exact) mass is 408 g/mol. The van der Waals surface area contributed by atoms with E-state index in [0.717, 1.165) is 30.8 Å². The third kappa shape index (κ3) is 4.76. The highest BCUT2D eigenvalue weighted by atomic mass is 19.1. The lowest BCUT2D eigenvalue weighted by Crippen LogP contribution is -2.44. The number of rotatable bonds is 6. The van der Waals surface area contributed by atoms with Crippen molar-refractivity contribution in [3.8, 4) is 11.5 Å². The van der Waals surface area contributed by atoms with Crippen LogP contribution in [0.2, 0.25) is 0 Å². The number of halogens is 1. The highest BCUT2D eigenvalue weighted by Gasteiger charge is 2.26. The maximum atomic E-state index is 14.0. The number of nitrogens with one attached hydrogen (secondary N) is 2. The number of anilines is 1. The summed E-state index contributed by atoms with van der Waals surface area (Å²) in [5, 5.41) is 6.69. The summed E-state index contributed by atoms with van der Waals surface area (Å²) in [4.78, 5) is 15.3. The van der Waals surface area contributed by atoms with Gasteiger partial charge in [0.1, 0.15) is 12.0 Å². The summed E-state index contributed by atoms with van der Waals surface area (Å²) >= 11 is 0. The van der Waals surface area contributed by atoms with E-state index in [9.17, 15) is 4.39 Å². The Kier molecular flexibility index (Phi) is 6.22. The number of aromatic nitrogens is 2. The SMILES string of the molecule is CCNC(=NCc1coc(-c2ccccc2)n1)NC1CCN(c2ncccc2F)C1. The summed E-state index contributed by atoms with van der Waals surface area (Å²) in [6.07, 6.45) is 4.13. The molecule has 0 bridgehead atoms. The van der Waals surface area contributed by atoms with E-state index in [1.807, 2.05) is 42.2 Å². The number of benzene rings is 1. The number of oxazole rings is 1. The molecule has 1 fully saturated rings. The smallest absolute Gasteiger partial charge is 0.226 e. The van der Waals surface area contributed by atoms with Gasteiger partial charge in [-0.15, -0.1) is 0 Å². The highest BCUT2D eigenvalue weighted by Crippen LogP contribution is 2.21. The Labute approximate surface area is 175 Å². The van der Waals surface area contributed by atoms with Gasteiger partial charge in [0, 0.05) is 37.4 Å². The van der Waals surface area contributed by atoms with E-state index < -0.39 is 0 Å². The molecule has 1 unspecified atom stereocenters. The minimum absolute atomic E-state index is 0.154. The van der Waals surface area contributed by atoms with Crippen molar-refractivity contribution in [2.45, 2.75) is 25.9 Å². The van der Waals surface area contributed by atoms with Crippen LogP contribution in [0.3, 0.4) is 0 Å². The highest BCUT2D eigenvalue weighted by molar-refractivity contribution is 5.80. The first kappa shape index (κ1) is 19.9. The molecular formula is C22H25FN6O.